The Morgan fingerprint density at radius 1 is 1.42 bits per heavy atom. The Kier molecular flexibility index (Phi) is 4.17. The molecule has 0 amide bonds. The molecule has 19 heavy (non-hydrogen) atoms. The van der Waals surface area contributed by atoms with Crippen LogP contribution in [0, 0.1) is 5.92 Å². The number of aliphatic hydroxyl groups is 1. The monoisotopic (exact) mass is 286 g/mol. The Morgan fingerprint density at radius 3 is 2.74 bits per heavy atom. The summed E-state index contributed by atoms with van der Waals surface area (Å²) in [5.74, 6) is -1.04. The maximum atomic E-state index is 11.1. The molecule has 0 spiro atoms. The van der Waals surface area contributed by atoms with E-state index >= 15 is 0 Å². The second kappa shape index (κ2) is 5.67. The molecule has 0 bridgehead atoms. The fourth-order valence-electron chi connectivity index (χ4n) is 2.07. The maximum absolute atomic E-state index is 11.1. The van der Waals surface area contributed by atoms with Gasteiger partial charge in [0.25, 0.3) is 0 Å². The molecular weight excluding hydrogens is 272 g/mol. The Labute approximate surface area is 115 Å². The van der Waals surface area contributed by atoms with E-state index < -0.39 is 18.0 Å². The highest BCUT2D eigenvalue weighted by Gasteiger charge is 2.28. The van der Waals surface area contributed by atoms with E-state index in [-0.39, 0.29) is 0 Å². The van der Waals surface area contributed by atoms with E-state index in [1.165, 1.54) is 6.07 Å². The summed E-state index contributed by atoms with van der Waals surface area (Å²) in [4.78, 5) is 11.1. The van der Waals surface area contributed by atoms with Gasteiger partial charge in [0, 0.05) is 0 Å². The number of aliphatic carboxylic acids is 1. The lowest BCUT2D eigenvalue weighted by molar-refractivity contribution is -0.146. The predicted molar refractivity (Wildman–Crippen MR) is 68.8 cm³/mol. The molecule has 2 N–H and O–H groups in total. The Balaban J connectivity index is 2.35. The fourth-order valence-corrected chi connectivity index (χ4v) is 2.34. The lowest BCUT2D eigenvalue weighted by atomic mass is 9.93. The van der Waals surface area contributed by atoms with E-state index in [1.807, 2.05) is 0 Å². The van der Waals surface area contributed by atoms with Crippen LogP contribution in [0.5, 0.6) is 11.5 Å². The number of benzene rings is 1. The smallest absolute Gasteiger partial charge is 0.309 e. The van der Waals surface area contributed by atoms with E-state index in [2.05, 4.69) is 0 Å². The first-order valence-electron chi connectivity index (χ1n) is 6.04. The molecule has 1 aliphatic heterocycles. The lowest BCUT2D eigenvalue weighted by Gasteiger charge is -2.23. The SMILES string of the molecule is CCC(C(=O)O)C(O)c1cc(Cl)c2c(c1)OCCO2. The van der Waals surface area contributed by atoms with Crippen molar-refractivity contribution in [2.75, 3.05) is 13.2 Å². The molecule has 1 aliphatic rings. The van der Waals surface area contributed by atoms with Gasteiger partial charge in [-0.1, -0.05) is 18.5 Å². The van der Waals surface area contributed by atoms with Gasteiger partial charge >= 0.3 is 5.97 Å². The molecule has 2 rings (SSSR count). The summed E-state index contributed by atoms with van der Waals surface area (Å²) in [6.07, 6.45) is -0.807. The molecule has 104 valence electrons. The molecule has 5 nitrogen and oxygen atoms in total. The minimum absolute atomic E-state index is 0.312. The average molecular weight is 287 g/mol. The van der Waals surface area contributed by atoms with Crippen molar-refractivity contribution in [3.8, 4) is 11.5 Å². The number of ether oxygens (including phenoxy) is 2. The number of fused-ring (bicyclic) bond motifs is 1. The quantitative estimate of drug-likeness (QED) is 0.888. The van der Waals surface area contributed by atoms with Crippen LogP contribution in [0.15, 0.2) is 12.1 Å². The van der Waals surface area contributed by atoms with E-state index in [0.29, 0.717) is 41.7 Å². The zero-order chi connectivity index (χ0) is 14.0. The van der Waals surface area contributed by atoms with Gasteiger partial charge in [-0.15, -0.1) is 0 Å². The van der Waals surface area contributed by atoms with Crippen molar-refractivity contribution >= 4 is 17.6 Å². The highest BCUT2D eigenvalue weighted by molar-refractivity contribution is 6.32. The molecule has 0 aliphatic carbocycles. The van der Waals surface area contributed by atoms with Crippen LogP contribution in [0.4, 0.5) is 0 Å². The van der Waals surface area contributed by atoms with E-state index in [0.717, 1.165) is 0 Å². The number of aliphatic hydroxyl groups excluding tert-OH is 1. The van der Waals surface area contributed by atoms with E-state index in [9.17, 15) is 9.90 Å². The lowest BCUT2D eigenvalue weighted by Crippen LogP contribution is -2.22. The van der Waals surface area contributed by atoms with Gasteiger partial charge in [-0.05, 0) is 24.1 Å². The standard InChI is InChI=1S/C13H15ClO5/c1-2-8(13(16)17)11(15)7-5-9(14)12-10(6-7)18-3-4-19-12/h5-6,8,11,15H,2-4H2,1H3,(H,16,17). The van der Waals surface area contributed by atoms with Gasteiger partial charge in [-0.3, -0.25) is 4.79 Å². The third-order valence-corrected chi connectivity index (χ3v) is 3.38. The van der Waals surface area contributed by atoms with Crippen LogP contribution in [-0.4, -0.2) is 29.4 Å². The number of carboxylic acid groups (broad SMARTS) is 1. The number of halogens is 1. The summed E-state index contributed by atoms with van der Waals surface area (Å²) >= 11 is 6.06. The van der Waals surface area contributed by atoms with E-state index in [4.69, 9.17) is 26.2 Å². The van der Waals surface area contributed by atoms with Crippen LogP contribution in [0.2, 0.25) is 5.02 Å². The summed E-state index contributed by atoms with van der Waals surface area (Å²) in [5, 5.41) is 19.5. The molecule has 1 heterocycles. The Hall–Kier alpha value is -1.46. The first-order chi connectivity index (χ1) is 9.04. The van der Waals surface area contributed by atoms with Gasteiger partial charge in [0.1, 0.15) is 13.2 Å². The molecule has 0 radical (unpaired) electrons. The second-order valence-corrected chi connectivity index (χ2v) is 4.73. The zero-order valence-electron chi connectivity index (χ0n) is 10.4. The fraction of sp³-hybridized carbons (Fsp3) is 0.462. The van der Waals surface area contributed by atoms with E-state index in [1.54, 1.807) is 13.0 Å². The molecule has 0 saturated carbocycles. The van der Waals surface area contributed by atoms with Crippen molar-refractivity contribution in [2.45, 2.75) is 19.4 Å². The molecule has 1 aromatic rings. The molecule has 1 aromatic carbocycles. The largest absolute Gasteiger partial charge is 0.486 e. The first kappa shape index (κ1) is 14.0. The van der Waals surface area contributed by atoms with Crippen molar-refractivity contribution in [3.63, 3.8) is 0 Å². The van der Waals surface area contributed by atoms with Gasteiger partial charge in [-0.25, -0.2) is 0 Å². The Bertz CT molecular complexity index is 488. The normalized spacial score (nSPS) is 16.8. The molecule has 0 fully saturated rings. The summed E-state index contributed by atoms with van der Waals surface area (Å²) in [6.45, 7) is 2.53. The predicted octanol–water partition coefficient (Wildman–Crippen LogP) is 2.26. The van der Waals surface area contributed by atoms with Gasteiger partial charge < -0.3 is 19.7 Å². The maximum Gasteiger partial charge on any atom is 0.309 e. The van der Waals surface area contributed by atoms with Crippen LogP contribution in [0.3, 0.4) is 0 Å². The summed E-state index contributed by atoms with van der Waals surface area (Å²) in [5.41, 5.74) is 0.420. The molecular formula is C13H15ClO5. The average Bonchev–Trinajstić information content (AvgIpc) is 2.39. The number of hydrogen-bond acceptors (Lipinski definition) is 4. The number of hydrogen-bond donors (Lipinski definition) is 2. The second-order valence-electron chi connectivity index (χ2n) is 4.32. The van der Waals surface area contributed by atoms with Crippen LogP contribution < -0.4 is 9.47 Å². The topological polar surface area (TPSA) is 76.0 Å². The number of carbonyl (C=O) groups is 1. The van der Waals surface area contributed by atoms with Crippen LogP contribution in [0.1, 0.15) is 25.0 Å². The van der Waals surface area contributed by atoms with Gasteiger partial charge in [0.2, 0.25) is 0 Å². The van der Waals surface area contributed by atoms with Crippen molar-refractivity contribution in [1.29, 1.82) is 0 Å². The summed E-state index contributed by atoms with van der Waals surface area (Å²) in [6, 6.07) is 3.10. The molecule has 6 heteroatoms. The first-order valence-corrected chi connectivity index (χ1v) is 6.42. The Morgan fingerprint density at radius 2 is 2.11 bits per heavy atom. The van der Waals surface area contributed by atoms with Gasteiger partial charge in [0.15, 0.2) is 11.5 Å². The van der Waals surface area contributed by atoms with Crippen LogP contribution >= 0.6 is 11.6 Å². The minimum atomic E-state index is -1.13. The van der Waals surface area contributed by atoms with Crippen molar-refractivity contribution < 1.29 is 24.5 Å². The third kappa shape index (κ3) is 2.77. The zero-order valence-corrected chi connectivity index (χ0v) is 11.2. The molecule has 2 atom stereocenters. The third-order valence-electron chi connectivity index (χ3n) is 3.10. The highest BCUT2D eigenvalue weighted by atomic mass is 35.5. The molecule has 2 unspecified atom stereocenters. The summed E-state index contributed by atoms with van der Waals surface area (Å²) in [7, 11) is 0. The summed E-state index contributed by atoms with van der Waals surface area (Å²) < 4.78 is 10.8. The van der Waals surface area contributed by atoms with Crippen molar-refractivity contribution in [3.05, 3.63) is 22.7 Å². The van der Waals surface area contributed by atoms with Crippen molar-refractivity contribution in [2.24, 2.45) is 5.92 Å². The number of rotatable bonds is 4. The molecule has 0 aromatic heterocycles. The van der Waals surface area contributed by atoms with Gasteiger partial charge in [0.05, 0.1) is 17.0 Å². The van der Waals surface area contributed by atoms with Crippen LogP contribution in [0.25, 0.3) is 0 Å². The minimum Gasteiger partial charge on any atom is -0.486 e. The van der Waals surface area contributed by atoms with Crippen LogP contribution in [-0.2, 0) is 4.79 Å². The van der Waals surface area contributed by atoms with Gasteiger partial charge in [-0.2, -0.15) is 0 Å². The number of carboxylic acids is 1. The highest BCUT2D eigenvalue weighted by Crippen LogP contribution is 2.41. The van der Waals surface area contributed by atoms with Crippen molar-refractivity contribution in [1.82, 2.24) is 0 Å². The molecule has 0 saturated heterocycles.